The summed E-state index contributed by atoms with van der Waals surface area (Å²) in [6, 6.07) is 10.1. The van der Waals surface area contributed by atoms with E-state index in [2.05, 4.69) is 24.9 Å². The van der Waals surface area contributed by atoms with Gasteiger partial charge in [-0.2, -0.15) is 0 Å². The van der Waals surface area contributed by atoms with Crippen molar-refractivity contribution < 1.29 is 0 Å². The van der Waals surface area contributed by atoms with Crippen LogP contribution in [0.3, 0.4) is 0 Å². The predicted molar refractivity (Wildman–Crippen MR) is 52.1 cm³/mol. The Balaban J connectivity index is 2.75. The summed E-state index contributed by atoms with van der Waals surface area (Å²) in [4.78, 5) is 0. The van der Waals surface area contributed by atoms with Crippen molar-refractivity contribution in [1.29, 1.82) is 0 Å². The molecule has 0 heterocycles. The highest BCUT2D eigenvalue weighted by Crippen LogP contribution is 2.21. The van der Waals surface area contributed by atoms with E-state index in [1.54, 1.807) is 0 Å². The molecule has 0 unspecified atom stereocenters. The van der Waals surface area contributed by atoms with Gasteiger partial charge in [0, 0.05) is 5.56 Å². The van der Waals surface area contributed by atoms with Crippen LogP contribution in [0, 0.1) is 11.6 Å². The minimum atomic E-state index is -0.0853. The fourth-order valence-electron chi connectivity index (χ4n) is 0.698. The summed E-state index contributed by atoms with van der Waals surface area (Å²) in [5, 5.41) is 0. The monoisotopic (exact) mass is 162 g/mol. The molecule has 0 nitrogen and oxygen atoms in total. The van der Waals surface area contributed by atoms with Crippen molar-refractivity contribution in [3.8, 4) is 11.6 Å². The molecular weight excluding hydrogens is 151 g/mol. The summed E-state index contributed by atoms with van der Waals surface area (Å²) in [6.45, 7) is 4.32. The Morgan fingerprint density at radius 2 is 1.73 bits per heavy atom. The summed E-state index contributed by atoms with van der Waals surface area (Å²) >= 11 is 0. The average molecular weight is 162 g/mol. The van der Waals surface area contributed by atoms with Crippen LogP contribution in [0.5, 0.6) is 0 Å². The Morgan fingerprint density at radius 1 is 1.09 bits per heavy atom. The van der Waals surface area contributed by atoms with Crippen LogP contribution in [0.25, 0.3) is 0 Å². The molecule has 0 N–H and O–H groups in total. The molecule has 0 saturated carbocycles. The largest absolute Gasteiger partial charge is 0.0718 e. The molecule has 0 aliphatic heterocycles. The summed E-state index contributed by atoms with van der Waals surface area (Å²) < 4.78 is 0. The van der Waals surface area contributed by atoms with E-state index in [0.717, 1.165) is 5.56 Å². The van der Waals surface area contributed by atoms with Crippen LogP contribution >= 0.6 is 7.92 Å². The number of benzene rings is 1. The molecule has 1 aromatic rings. The Hall–Kier alpha value is -0.790. The third-order valence-corrected chi connectivity index (χ3v) is 1.76. The molecule has 0 aromatic heterocycles. The summed E-state index contributed by atoms with van der Waals surface area (Å²) in [5.74, 6) is 3.12. The number of rotatable bonds is 0. The number of hydrogen-bond acceptors (Lipinski definition) is 0. The van der Waals surface area contributed by atoms with Gasteiger partial charge in [0.05, 0.1) is 0 Å². The Morgan fingerprint density at radius 3 is 2.27 bits per heavy atom. The van der Waals surface area contributed by atoms with E-state index >= 15 is 0 Å². The van der Waals surface area contributed by atoms with Gasteiger partial charge in [-0.25, -0.2) is 0 Å². The fraction of sp³-hybridized carbons (Fsp3) is 0.200. The van der Waals surface area contributed by atoms with E-state index in [0.29, 0.717) is 0 Å². The van der Waals surface area contributed by atoms with E-state index < -0.39 is 0 Å². The van der Waals surface area contributed by atoms with Gasteiger partial charge in [0.2, 0.25) is 0 Å². The number of hydrogen-bond donors (Lipinski definition) is 0. The standard InChI is InChI=1S/C10H11P/c1-11(2)9-8-10-6-4-3-5-7-10/h3-7H,1-2H3. The third-order valence-electron chi connectivity index (χ3n) is 1.20. The second kappa shape index (κ2) is 4.16. The molecule has 0 saturated heterocycles. The van der Waals surface area contributed by atoms with Gasteiger partial charge >= 0.3 is 0 Å². The summed E-state index contributed by atoms with van der Waals surface area (Å²) in [5.41, 5.74) is 4.29. The Bertz CT molecular complexity index is 264. The van der Waals surface area contributed by atoms with Gasteiger partial charge < -0.3 is 0 Å². The molecular formula is C10H11P. The lowest BCUT2D eigenvalue weighted by Crippen LogP contribution is -1.69. The van der Waals surface area contributed by atoms with E-state index in [1.165, 1.54) is 0 Å². The lowest BCUT2D eigenvalue weighted by Gasteiger charge is -1.89. The van der Waals surface area contributed by atoms with Crippen molar-refractivity contribution in [3.63, 3.8) is 0 Å². The second-order valence-electron chi connectivity index (χ2n) is 2.50. The van der Waals surface area contributed by atoms with E-state index in [-0.39, 0.29) is 7.92 Å². The van der Waals surface area contributed by atoms with Crippen LogP contribution < -0.4 is 0 Å². The lowest BCUT2D eigenvalue weighted by atomic mass is 10.2. The summed E-state index contributed by atoms with van der Waals surface area (Å²) in [6.07, 6.45) is 0. The third kappa shape index (κ3) is 3.21. The zero-order chi connectivity index (χ0) is 8.10. The van der Waals surface area contributed by atoms with Crippen molar-refractivity contribution in [2.45, 2.75) is 0 Å². The van der Waals surface area contributed by atoms with Gasteiger partial charge in [0.25, 0.3) is 0 Å². The van der Waals surface area contributed by atoms with Crippen LogP contribution in [0.4, 0.5) is 0 Å². The first kappa shape index (κ1) is 8.31. The summed E-state index contributed by atoms with van der Waals surface area (Å²) in [7, 11) is -0.0853. The zero-order valence-corrected chi connectivity index (χ0v) is 7.73. The van der Waals surface area contributed by atoms with Crippen LogP contribution in [-0.2, 0) is 0 Å². The quantitative estimate of drug-likeness (QED) is 0.406. The normalized spacial score (nSPS) is 9.00. The molecule has 0 spiro atoms. The van der Waals surface area contributed by atoms with Crippen LogP contribution in [0.1, 0.15) is 5.56 Å². The highest BCUT2D eigenvalue weighted by Gasteiger charge is 1.82. The highest BCUT2D eigenvalue weighted by molar-refractivity contribution is 7.61. The minimum absolute atomic E-state index is 0.0853. The first-order chi connectivity index (χ1) is 5.29. The molecule has 1 rings (SSSR count). The molecule has 56 valence electrons. The van der Waals surface area contributed by atoms with Gasteiger partial charge in [-0.15, -0.1) is 0 Å². The van der Waals surface area contributed by atoms with Crippen LogP contribution in [-0.4, -0.2) is 13.3 Å². The molecule has 0 aliphatic carbocycles. The molecule has 1 aromatic carbocycles. The second-order valence-corrected chi connectivity index (χ2v) is 4.51. The maximum Gasteiger partial charge on any atom is 0.0248 e. The molecule has 0 bridgehead atoms. The highest BCUT2D eigenvalue weighted by atomic mass is 31.1. The van der Waals surface area contributed by atoms with Crippen molar-refractivity contribution in [3.05, 3.63) is 35.9 Å². The van der Waals surface area contributed by atoms with Crippen LogP contribution in [0.2, 0.25) is 0 Å². The first-order valence-electron chi connectivity index (χ1n) is 3.53. The van der Waals surface area contributed by atoms with Crippen LogP contribution in [0.15, 0.2) is 30.3 Å². The topological polar surface area (TPSA) is 0 Å². The maximum atomic E-state index is 3.18. The van der Waals surface area contributed by atoms with E-state index in [4.69, 9.17) is 0 Å². The van der Waals surface area contributed by atoms with Crippen molar-refractivity contribution in [1.82, 2.24) is 0 Å². The molecule has 11 heavy (non-hydrogen) atoms. The Kier molecular flexibility index (Phi) is 3.14. The zero-order valence-electron chi connectivity index (χ0n) is 6.83. The lowest BCUT2D eigenvalue weighted by molar-refractivity contribution is 1.65. The van der Waals surface area contributed by atoms with E-state index in [9.17, 15) is 0 Å². The predicted octanol–water partition coefficient (Wildman–Crippen LogP) is 2.74. The molecule has 0 radical (unpaired) electrons. The van der Waals surface area contributed by atoms with Crippen molar-refractivity contribution >= 4 is 7.92 Å². The van der Waals surface area contributed by atoms with Gasteiger partial charge in [-0.05, 0) is 33.4 Å². The molecule has 1 heteroatoms. The van der Waals surface area contributed by atoms with Crippen molar-refractivity contribution in [2.24, 2.45) is 0 Å². The molecule has 0 aliphatic rings. The fourth-order valence-corrected chi connectivity index (χ4v) is 1.05. The van der Waals surface area contributed by atoms with Gasteiger partial charge in [0.15, 0.2) is 0 Å². The minimum Gasteiger partial charge on any atom is -0.0718 e. The smallest absolute Gasteiger partial charge is 0.0248 e. The molecule has 0 amide bonds. The van der Waals surface area contributed by atoms with E-state index in [1.807, 2.05) is 30.3 Å². The van der Waals surface area contributed by atoms with Gasteiger partial charge in [-0.1, -0.05) is 29.8 Å². The maximum absolute atomic E-state index is 3.18. The molecule has 0 atom stereocenters. The van der Waals surface area contributed by atoms with Crippen molar-refractivity contribution in [2.75, 3.05) is 13.3 Å². The molecule has 0 fully saturated rings. The average Bonchev–Trinajstić information content (AvgIpc) is 2.03. The van der Waals surface area contributed by atoms with Gasteiger partial charge in [0.1, 0.15) is 0 Å². The Labute approximate surface area is 69.4 Å². The first-order valence-corrected chi connectivity index (χ1v) is 5.76. The van der Waals surface area contributed by atoms with Gasteiger partial charge in [-0.3, -0.25) is 0 Å². The SMILES string of the molecule is CP(C)C#Cc1ccccc1.